The molecule has 0 spiro atoms. The van der Waals surface area contributed by atoms with Crippen LogP contribution in [0.5, 0.6) is 0 Å². The summed E-state index contributed by atoms with van der Waals surface area (Å²) in [6.07, 6.45) is 9.59. The molecule has 0 bridgehead atoms. The van der Waals surface area contributed by atoms with E-state index < -0.39 is 0 Å². The first kappa shape index (κ1) is 23.2. The van der Waals surface area contributed by atoms with Gasteiger partial charge in [-0.25, -0.2) is 5.53 Å². The lowest BCUT2D eigenvalue weighted by Gasteiger charge is -2.12. The summed E-state index contributed by atoms with van der Waals surface area (Å²) >= 11 is 12.4. The molecule has 1 N–H and O–H groups in total. The minimum absolute atomic E-state index is 0. The van der Waals surface area contributed by atoms with E-state index in [2.05, 4.69) is 15.6 Å². The van der Waals surface area contributed by atoms with Crippen LogP contribution in [0, 0.1) is 13.8 Å². The zero-order valence-electron chi connectivity index (χ0n) is 16.3. The van der Waals surface area contributed by atoms with E-state index in [4.69, 9.17) is 23.2 Å². The van der Waals surface area contributed by atoms with Gasteiger partial charge in [-0.05, 0) is 60.4 Å². The van der Waals surface area contributed by atoms with Crippen molar-refractivity contribution in [1.29, 1.82) is 0 Å². The molecule has 2 aromatic rings. The number of benzene rings is 2. The van der Waals surface area contributed by atoms with Crippen molar-refractivity contribution in [3.63, 3.8) is 0 Å². The Bertz CT molecular complexity index is 904. The van der Waals surface area contributed by atoms with Crippen LogP contribution in [0.2, 0.25) is 10.0 Å². The third kappa shape index (κ3) is 7.03. The van der Waals surface area contributed by atoms with E-state index in [9.17, 15) is 0 Å². The Morgan fingerprint density at radius 2 is 1.55 bits per heavy atom. The highest BCUT2D eigenvalue weighted by Gasteiger charge is 2.03. The van der Waals surface area contributed by atoms with Gasteiger partial charge in [-0.2, -0.15) is 5.10 Å². The molecular weight excluding hydrogens is 471 g/mol. The highest BCUT2D eigenvalue weighted by atomic mass is 79.9. The smallest absolute Gasteiger partial charge is 0.105 e. The van der Waals surface area contributed by atoms with E-state index in [0.29, 0.717) is 0 Å². The Morgan fingerprint density at radius 1 is 1.00 bits per heavy atom. The molecule has 1 aliphatic heterocycles. The van der Waals surface area contributed by atoms with Gasteiger partial charge in [-0.15, -0.1) is 17.0 Å². The van der Waals surface area contributed by atoms with Gasteiger partial charge in [-0.3, -0.25) is 10.0 Å². The monoisotopic (exact) mass is 492 g/mol. The molecular formula is C22H23BrCl2N4. The number of hydrazine groups is 1. The second-order valence-corrected chi connectivity index (χ2v) is 7.35. The molecule has 2 aromatic carbocycles. The van der Waals surface area contributed by atoms with Crippen LogP contribution in [0.15, 0.2) is 58.6 Å². The minimum Gasteiger partial charge on any atom is -0.272 e. The summed E-state index contributed by atoms with van der Waals surface area (Å²) in [5.41, 5.74) is 7.90. The van der Waals surface area contributed by atoms with Crippen molar-refractivity contribution in [3.8, 4) is 0 Å². The van der Waals surface area contributed by atoms with E-state index in [-0.39, 0.29) is 17.0 Å². The molecule has 0 unspecified atom stereocenters. The van der Waals surface area contributed by atoms with Crippen LogP contribution in [0.1, 0.15) is 22.3 Å². The van der Waals surface area contributed by atoms with Crippen LogP contribution >= 0.6 is 40.2 Å². The quantitative estimate of drug-likeness (QED) is 0.389. The van der Waals surface area contributed by atoms with Crippen molar-refractivity contribution in [3.05, 3.63) is 80.8 Å². The van der Waals surface area contributed by atoms with Gasteiger partial charge in [0.05, 0.1) is 18.8 Å². The summed E-state index contributed by atoms with van der Waals surface area (Å²) in [5, 5.41) is 7.81. The molecule has 29 heavy (non-hydrogen) atoms. The summed E-state index contributed by atoms with van der Waals surface area (Å²) in [6.45, 7) is 5.54. The molecule has 7 heteroatoms. The Balaban J connectivity index is 0.00000300. The molecule has 0 radical (unpaired) electrons. The summed E-state index contributed by atoms with van der Waals surface area (Å²) in [6, 6.07) is 11.9. The van der Waals surface area contributed by atoms with Gasteiger partial charge in [0, 0.05) is 10.0 Å². The number of hydrazone groups is 1. The minimum atomic E-state index is 0. The van der Waals surface area contributed by atoms with Crippen LogP contribution in [-0.2, 0) is 0 Å². The van der Waals surface area contributed by atoms with E-state index in [0.717, 1.165) is 51.1 Å². The van der Waals surface area contributed by atoms with Crippen LogP contribution in [0.25, 0.3) is 12.2 Å². The maximum Gasteiger partial charge on any atom is 0.105 e. The van der Waals surface area contributed by atoms with Crippen molar-refractivity contribution >= 4 is 64.4 Å². The van der Waals surface area contributed by atoms with Gasteiger partial charge < -0.3 is 0 Å². The predicted octanol–water partition coefficient (Wildman–Crippen LogP) is 6.12. The second-order valence-electron chi connectivity index (χ2n) is 6.54. The maximum atomic E-state index is 6.22. The SMILES string of the molecule is Br.Cc1ccc(C=CC(C=Cc2ccc(C)c(Cl)c2)=NNN2C=NCC2)cc1Cl. The van der Waals surface area contributed by atoms with Gasteiger partial charge in [-0.1, -0.05) is 59.6 Å². The Kier molecular flexibility index (Phi) is 8.96. The van der Waals surface area contributed by atoms with E-state index in [1.54, 1.807) is 6.34 Å². The van der Waals surface area contributed by atoms with Crippen LogP contribution in [0.4, 0.5) is 0 Å². The number of nitrogens with zero attached hydrogens (tertiary/aromatic N) is 3. The van der Waals surface area contributed by atoms with Crippen molar-refractivity contribution in [2.75, 3.05) is 13.1 Å². The maximum absolute atomic E-state index is 6.22. The Labute approximate surface area is 192 Å². The fourth-order valence-corrected chi connectivity index (χ4v) is 2.87. The van der Waals surface area contributed by atoms with E-state index in [1.807, 2.05) is 79.6 Å². The molecule has 4 nitrogen and oxygen atoms in total. The first-order valence-corrected chi connectivity index (χ1v) is 9.75. The van der Waals surface area contributed by atoms with Crippen molar-refractivity contribution < 1.29 is 0 Å². The molecule has 1 heterocycles. The topological polar surface area (TPSA) is 40.0 Å². The fraction of sp³-hybridized carbons (Fsp3) is 0.182. The highest BCUT2D eigenvalue weighted by Crippen LogP contribution is 2.19. The van der Waals surface area contributed by atoms with Crippen LogP contribution < -0.4 is 5.53 Å². The fourth-order valence-electron chi connectivity index (χ4n) is 2.50. The molecule has 0 aliphatic carbocycles. The van der Waals surface area contributed by atoms with Gasteiger partial charge in [0.1, 0.15) is 6.34 Å². The lowest BCUT2D eigenvalue weighted by Crippen LogP contribution is -2.31. The summed E-state index contributed by atoms with van der Waals surface area (Å²) < 4.78 is 0. The number of halogens is 3. The first-order valence-electron chi connectivity index (χ1n) is 9.00. The molecule has 1 aliphatic rings. The zero-order chi connectivity index (χ0) is 19.9. The number of allylic oxidation sites excluding steroid dienone is 2. The lowest BCUT2D eigenvalue weighted by molar-refractivity contribution is 0.354. The van der Waals surface area contributed by atoms with Gasteiger partial charge in [0.2, 0.25) is 0 Å². The molecule has 152 valence electrons. The standard InChI is InChI=1S/C22H22Cl2N4.BrH/c1-16-3-5-18(13-21(16)23)7-9-20(26-27-28-12-11-25-15-28)10-8-19-6-4-17(2)22(24)14-19;/h3-10,13-15,27H,11-12H2,1-2H3;1H. The summed E-state index contributed by atoms with van der Waals surface area (Å²) in [7, 11) is 0. The van der Waals surface area contributed by atoms with Crippen LogP contribution in [-0.4, -0.2) is 30.1 Å². The number of nitrogens with one attached hydrogen (secondary N) is 1. The van der Waals surface area contributed by atoms with Crippen molar-refractivity contribution in [2.24, 2.45) is 10.1 Å². The van der Waals surface area contributed by atoms with Gasteiger partial charge >= 0.3 is 0 Å². The number of rotatable bonds is 6. The zero-order valence-corrected chi connectivity index (χ0v) is 19.5. The molecule has 0 saturated heterocycles. The molecule has 0 amide bonds. The molecule has 0 saturated carbocycles. The summed E-state index contributed by atoms with van der Waals surface area (Å²) in [4.78, 5) is 4.17. The third-order valence-electron chi connectivity index (χ3n) is 4.28. The van der Waals surface area contributed by atoms with Gasteiger partial charge in [0.15, 0.2) is 0 Å². The molecule has 0 aromatic heterocycles. The number of hydrogen-bond acceptors (Lipinski definition) is 4. The number of aryl methyl sites for hydroxylation is 2. The molecule has 0 atom stereocenters. The third-order valence-corrected chi connectivity index (χ3v) is 5.10. The Morgan fingerprint density at radius 3 is 2.00 bits per heavy atom. The normalized spacial score (nSPS) is 13.2. The second kappa shape index (κ2) is 11.2. The Hall–Kier alpha value is -2.08. The number of hydrogen-bond donors (Lipinski definition) is 1. The lowest BCUT2D eigenvalue weighted by atomic mass is 10.1. The average molecular weight is 494 g/mol. The van der Waals surface area contributed by atoms with E-state index >= 15 is 0 Å². The predicted molar refractivity (Wildman–Crippen MR) is 131 cm³/mol. The van der Waals surface area contributed by atoms with Crippen LogP contribution in [0.3, 0.4) is 0 Å². The van der Waals surface area contributed by atoms with E-state index in [1.165, 1.54) is 0 Å². The molecule has 3 rings (SSSR count). The first-order chi connectivity index (χ1) is 13.5. The number of aliphatic imine (C=N–C) groups is 1. The summed E-state index contributed by atoms with van der Waals surface area (Å²) in [5.74, 6) is 0. The van der Waals surface area contributed by atoms with Crippen molar-refractivity contribution in [1.82, 2.24) is 10.5 Å². The molecule has 0 fully saturated rings. The average Bonchev–Trinajstić information content (AvgIpc) is 3.20. The largest absolute Gasteiger partial charge is 0.272 e. The van der Waals surface area contributed by atoms with Crippen molar-refractivity contribution in [2.45, 2.75) is 13.8 Å². The van der Waals surface area contributed by atoms with Gasteiger partial charge in [0.25, 0.3) is 0 Å². The highest BCUT2D eigenvalue weighted by molar-refractivity contribution is 8.93.